The van der Waals surface area contributed by atoms with E-state index in [4.69, 9.17) is 11.6 Å². The molecule has 1 rings (SSSR count). The van der Waals surface area contributed by atoms with Gasteiger partial charge in [-0.1, -0.05) is 30.3 Å². The molecule has 0 aliphatic carbocycles. The van der Waals surface area contributed by atoms with Gasteiger partial charge in [0.15, 0.2) is 0 Å². The molecule has 0 saturated heterocycles. The lowest BCUT2D eigenvalue weighted by Crippen LogP contribution is -2.26. The van der Waals surface area contributed by atoms with Gasteiger partial charge in [-0.15, -0.1) is 23.4 Å². The topological polar surface area (TPSA) is 20.2 Å². The van der Waals surface area contributed by atoms with E-state index in [1.165, 1.54) is 0 Å². The van der Waals surface area contributed by atoms with Crippen LogP contribution < -0.4 is 0 Å². The molecular weight excluding hydrogens is 220 g/mol. The van der Waals surface area contributed by atoms with Crippen molar-refractivity contribution in [3.63, 3.8) is 0 Å². The fraction of sp³-hybridized carbons (Fsp3) is 0.429. The Balaban J connectivity index is 2.82. The highest BCUT2D eigenvalue weighted by Gasteiger charge is 2.27. The molecule has 1 aromatic rings. The molecule has 2 heteroatoms. The summed E-state index contributed by atoms with van der Waals surface area (Å²) in [5.74, 6) is 6.27. The molecule has 0 amide bonds. The monoisotopic (exact) mass is 236 g/mol. The summed E-state index contributed by atoms with van der Waals surface area (Å²) in [7, 11) is 0. The fourth-order valence-electron chi connectivity index (χ4n) is 1.71. The molecule has 1 unspecified atom stereocenters. The largest absolute Gasteiger partial charge is 0.385 e. The lowest BCUT2D eigenvalue weighted by molar-refractivity contribution is 0.0258. The van der Waals surface area contributed by atoms with Crippen molar-refractivity contribution in [2.45, 2.75) is 31.8 Å². The van der Waals surface area contributed by atoms with Crippen LogP contribution in [0.4, 0.5) is 0 Å². The lowest BCUT2D eigenvalue weighted by Gasteiger charge is -2.27. The number of aliphatic hydroxyl groups is 1. The first-order chi connectivity index (χ1) is 7.73. The van der Waals surface area contributed by atoms with Crippen LogP contribution in [0, 0.1) is 11.8 Å². The van der Waals surface area contributed by atoms with Gasteiger partial charge in [-0.3, -0.25) is 0 Å². The second-order valence-corrected chi connectivity index (χ2v) is 4.14. The Labute approximate surface area is 102 Å². The molecule has 16 heavy (non-hydrogen) atoms. The van der Waals surface area contributed by atoms with E-state index in [0.29, 0.717) is 25.1 Å². The molecule has 1 atom stereocenters. The Morgan fingerprint density at radius 2 is 1.94 bits per heavy atom. The molecule has 1 N–H and O–H groups in total. The number of rotatable bonds is 5. The summed E-state index contributed by atoms with van der Waals surface area (Å²) in [6.07, 6.45) is 1.88. The zero-order valence-corrected chi connectivity index (χ0v) is 10.3. The Kier molecular flexibility index (Phi) is 5.38. The molecule has 0 aliphatic rings. The highest BCUT2D eigenvalue weighted by Crippen LogP contribution is 2.30. The van der Waals surface area contributed by atoms with E-state index >= 15 is 0 Å². The van der Waals surface area contributed by atoms with Crippen LogP contribution in [0.25, 0.3) is 0 Å². The Bertz CT molecular complexity index is 363. The van der Waals surface area contributed by atoms with Crippen LogP contribution in [-0.2, 0) is 5.60 Å². The maximum absolute atomic E-state index is 10.6. The first-order valence-corrected chi connectivity index (χ1v) is 6.00. The Morgan fingerprint density at radius 1 is 1.25 bits per heavy atom. The van der Waals surface area contributed by atoms with Gasteiger partial charge in [-0.05, 0) is 25.3 Å². The normalized spacial score (nSPS) is 13.7. The summed E-state index contributed by atoms with van der Waals surface area (Å²) in [5.41, 5.74) is 0.0842. The van der Waals surface area contributed by atoms with Crippen LogP contribution in [0.15, 0.2) is 30.3 Å². The SMILES string of the molecule is CC#CCCC(O)(CCCl)c1ccccc1. The molecule has 0 spiro atoms. The third-order valence-electron chi connectivity index (χ3n) is 2.66. The fourth-order valence-corrected chi connectivity index (χ4v) is 2.03. The third-order valence-corrected chi connectivity index (χ3v) is 2.85. The van der Waals surface area contributed by atoms with E-state index in [-0.39, 0.29) is 0 Å². The van der Waals surface area contributed by atoms with Crippen LogP contribution in [0.3, 0.4) is 0 Å². The van der Waals surface area contributed by atoms with E-state index in [9.17, 15) is 5.11 Å². The van der Waals surface area contributed by atoms with Gasteiger partial charge in [0.05, 0.1) is 5.60 Å². The summed E-state index contributed by atoms with van der Waals surface area (Å²) in [4.78, 5) is 0. The van der Waals surface area contributed by atoms with Gasteiger partial charge >= 0.3 is 0 Å². The molecule has 0 heterocycles. The maximum Gasteiger partial charge on any atom is 0.0917 e. The van der Waals surface area contributed by atoms with Gasteiger partial charge in [0.1, 0.15) is 0 Å². The van der Waals surface area contributed by atoms with Crippen molar-refractivity contribution in [2.75, 3.05) is 5.88 Å². The van der Waals surface area contributed by atoms with Gasteiger partial charge in [-0.2, -0.15) is 0 Å². The summed E-state index contributed by atoms with van der Waals surface area (Å²) in [6, 6.07) is 9.67. The van der Waals surface area contributed by atoms with Gasteiger partial charge < -0.3 is 5.11 Å². The molecule has 86 valence electrons. The second kappa shape index (κ2) is 6.58. The van der Waals surface area contributed by atoms with Gasteiger partial charge in [-0.25, -0.2) is 0 Å². The van der Waals surface area contributed by atoms with Crippen LogP contribution in [-0.4, -0.2) is 11.0 Å². The predicted molar refractivity (Wildman–Crippen MR) is 68.4 cm³/mol. The molecule has 0 aliphatic heterocycles. The van der Waals surface area contributed by atoms with E-state index in [1.54, 1.807) is 0 Å². The average molecular weight is 237 g/mol. The molecule has 1 aromatic carbocycles. The minimum atomic E-state index is -0.840. The summed E-state index contributed by atoms with van der Waals surface area (Å²) in [6.45, 7) is 1.81. The van der Waals surface area contributed by atoms with Crippen molar-refractivity contribution in [1.82, 2.24) is 0 Å². The minimum absolute atomic E-state index is 0.449. The molecule has 0 fully saturated rings. The quantitative estimate of drug-likeness (QED) is 0.614. The first-order valence-electron chi connectivity index (χ1n) is 5.46. The zero-order chi connectivity index (χ0) is 11.9. The molecular formula is C14H17ClO. The van der Waals surface area contributed by atoms with Crippen molar-refractivity contribution in [3.05, 3.63) is 35.9 Å². The van der Waals surface area contributed by atoms with E-state index in [1.807, 2.05) is 37.3 Å². The number of alkyl halides is 1. The van der Waals surface area contributed by atoms with Crippen molar-refractivity contribution in [1.29, 1.82) is 0 Å². The van der Waals surface area contributed by atoms with Crippen LogP contribution >= 0.6 is 11.6 Å². The van der Waals surface area contributed by atoms with Crippen LogP contribution in [0.1, 0.15) is 31.7 Å². The van der Waals surface area contributed by atoms with Crippen molar-refractivity contribution in [3.8, 4) is 11.8 Å². The number of hydrogen-bond donors (Lipinski definition) is 1. The molecule has 0 bridgehead atoms. The van der Waals surface area contributed by atoms with Gasteiger partial charge in [0, 0.05) is 12.3 Å². The molecule has 1 nitrogen and oxygen atoms in total. The van der Waals surface area contributed by atoms with E-state index < -0.39 is 5.60 Å². The molecule has 0 aromatic heterocycles. The number of hydrogen-bond acceptors (Lipinski definition) is 1. The Morgan fingerprint density at radius 3 is 2.50 bits per heavy atom. The maximum atomic E-state index is 10.6. The van der Waals surface area contributed by atoms with Crippen LogP contribution in [0.2, 0.25) is 0 Å². The van der Waals surface area contributed by atoms with E-state index in [0.717, 1.165) is 5.56 Å². The van der Waals surface area contributed by atoms with Gasteiger partial charge in [0.25, 0.3) is 0 Å². The standard InChI is InChI=1S/C14H17ClO/c1-2-3-7-10-14(16,11-12-15)13-8-5-4-6-9-13/h4-6,8-9,16H,7,10-12H2,1H3. The third kappa shape index (κ3) is 3.56. The van der Waals surface area contributed by atoms with Crippen molar-refractivity contribution >= 4 is 11.6 Å². The van der Waals surface area contributed by atoms with E-state index in [2.05, 4.69) is 11.8 Å². The number of halogens is 1. The average Bonchev–Trinajstić information content (AvgIpc) is 2.31. The predicted octanol–water partition coefficient (Wildman–Crippen LogP) is 3.31. The summed E-state index contributed by atoms with van der Waals surface area (Å²) in [5, 5.41) is 10.6. The summed E-state index contributed by atoms with van der Waals surface area (Å²) >= 11 is 5.75. The number of benzene rings is 1. The minimum Gasteiger partial charge on any atom is -0.385 e. The second-order valence-electron chi connectivity index (χ2n) is 3.76. The summed E-state index contributed by atoms with van der Waals surface area (Å²) < 4.78 is 0. The molecule has 0 radical (unpaired) electrons. The Hall–Kier alpha value is -0.970. The lowest BCUT2D eigenvalue weighted by atomic mass is 9.87. The first kappa shape index (κ1) is 13.1. The van der Waals surface area contributed by atoms with Crippen LogP contribution in [0.5, 0.6) is 0 Å². The molecule has 0 saturated carbocycles. The van der Waals surface area contributed by atoms with Crippen molar-refractivity contribution in [2.24, 2.45) is 0 Å². The zero-order valence-electron chi connectivity index (χ0n) is 9.54. The highest BCUT2D eigenvalue weighted by atomic mass is 35.5. The smallest absolute Gasteiger partial charge is 0.0917 e. The highest BCUT2D eigenvalue weighted by molar-refractivity contribution is 6.17. The van der Waals surface area contributed by atoms with Gasteiger partial charge in [0.2, 0.25) is 0 Å². The van der Waals surface area contributed by atoms with Crippen molar-refractivity contribution < 1.29 is 5.11 Å².